The highest BCUT2D eigenvalue weighted by Crippen LogP contribution is 2.12. The van der Waals surface area contributed by atoms with Gasteiger partial charge in [-0.25, -0.2) is 0 Å². The molecule has 0 aromatic rings. The number of hydrogen-bond acceptors (Lipinski definition) is 6. The van der Waals surface area contributed by atoms with Crippen LogP contribution in [0, 0.1) is 0 Å². The van der Waals surface area contributed by atoms with Crippen LogP contribution in [0.5, 0.6) is 0 Å². The van der Waals surface area contributed by atoms with Gasteiger partial charge in [0, 0.05) is 19.3 Å². The maximum Gasteiger partial charge on any atom is 0.306 e. The molecule has 0 radical (unpaired) electrons. The summed E-state index contributed by atoms with van der Waals surface area (Å²) in [5.74, 6) is -0.993. The van der Waals surface area contributed by atoms with Crippen molar-refractivity contribution in [3.63, 3.8) is 0 Å². The first-order valence-electron chi connectivity index (χ1n) is 22.8. The zero-order chi connectivity index (χ0) is 41.5. The van der Waals surface area contributed by atoms with Gasteiger partial charge in [-0.1, -0.05) is 163 Å². The van der Waals surface area contributed by atoms with Crippen molar-refractivity contribution in [1.29, 1.82) is 0 Å². The number of allylic oxidation sites excluding steroid dienone is 16. The first kappa shape index (κ1) is 53.3. The molecule has 0 aliphatic carbocycles. The summed E-state index contributed by atoms with van der Waals surface area (Å²) in [6, 6.07) is 0. The molecule has 0 aliphatic heterocycles. The van der Waals surface area contributed by atoms with Crippen molar-refractivity contribution in [1.82, 2.24) is 0 Å². The van der Waals surface area contributed by atoms with Crippen LogP contribution in [0.3, 0.4) is 0 Å². The molecule has 0 fully saturated rings. The second-order valence-corrected chi connectivity index (χ2v) is 14.6. The Labute approximate surface area is 349 Å². The molecule has 0 heterocycles. The predicted molar refractivity (Wildman–Crippen MR) is 242 cm³/mol. The molecule has 0 rings (SSSR count). The van der Waals surface area contributed by atoms with E-state index in [9.17, 15) is 14.4 Å². The molecule has 0 spiro atoms. The number of hydrogen-bond donors (Lipinski definition) is 0. The van der Waals surface area contributed by atoms with Crippen molar-refractivity contribution < 1.29 is 28.6 Å². The molecule has 322 valence electrons. The summed E-state index contributed by atoms with van der Waals surface area (Å²) in [6.07, 6.45) is 58.2. The third-order valence-electron chi connectivity index (χ3n) is 9.08. The van der Waals surface area contributed by atoms with E-state index in [1.165, 1.54) is 12.8 Å². The fraction of sp³-hybridized carbons (Fsp3) is 0.627. The summed E-state index contributed by atoms with van der Waals surface area (Å²) < 4.78 is 16.6. The molecule has 6 nitrogen and oxygen atoms in total. The van der Waals surface area contributed by atoms with Gasteiger partial charge in [-0.05, 0) is 103 Å². The van der Waals surface area contributed by atoms with Crippen molar-refractivity contribution in [2.75, 3.05) is 13.2 Å². The number of ether oxygens (including phenoxy) is 3. The van der Waals surface area contributed by atoms with Crippen molar-refractivity contribution in [2.24, 2.45) is 0 Å². The molecule has 0 N–H and O–H groups in total. The Morgan fingerprint density at radius 3 is 1.19 bits per heavy atom. The van der Waals surface area contributed by atoms with E-state index in [1.54, 1.807) is 0 Å². The van der Waals surface area contributed by atoms with Gasteiger partial charge in [0.2, 0.25) is 0 Å². The second-order valence-electron chi connectivity index (χ2n) is 14.6. The predicted octanol–water partition coefficient (Wildman–Crippen LogP) is 14.6. The van der Waals surface area contributed by atoms with E-state index in [0.29, 0.717) is 19.3 Å². The molecule has 0 amide bonds. The van der Waals surface area contributed by atoms with Gasteiger partial charge in [0.05, 0.1) is 0 Å². The molecule has 0 bridgehead atoms. The fourth-order valence-electron chi connectivity index (χ4n) is 5.68. The first-order chi connectivity index (χ1) is 28.0. The van der Waals surface area contributed by atoms with Gasteiger partial charge in [-0.2, -0.15) is 0 Å². The van der Waals surface area contributed by atoms with E-state index in [-0.39, 0.29) is 31.1 Å². The van der Waals surface area contributed by atoms with Gasteiger partial charge in [0.1, 0.15) is 13.2 Å². The Bertz CT molecular complexity index is 1180. The van der Waals surface area contributed by atoms with Crippen LogP contribution < -0.4 is 0 Å². The fourth-order valence-corrected chi connectivity index (χ4v) is 5.68. The van der Waals surface area contributed by atoms with Crippen molar-refractivity contribution in [2.45, 2.75) is 194 Å². The van der Waals surface area contributed by atoms with Gasteiger partial charge in [0.15, 0.2) is 6.10 Å². The molecule has 1 atom stereocenters. The molecule has 0 aromatic carbocycles. The Hall–Kier alpha value is -3.67. The molecule has 0 saturated carbocycles. The Morgan fingerprint density at radius 2 is 0.737 bits per heavy atom. The largest absolute Gasteiger partial charge is 0.462 e. The third kappa shape index (κ3) is 43.3. The molecule has 0 aromatic heterocycles. The molecule has 6 heteroatoms. The van der Waals surface area contributed by atoms with Gasteiger partial charge in [0.25, 0.3) is 0 Å². The van der Waals surface area contributed by atoms with Crippen LogP contribution in [0.25, 0.3) is 0 Å². The van der Waals surface area contributed by atoms with Crippen LogP contribution in [0.4, 0.5) is 0 Å². The molecular weight excluding hydrogens is 709 g/mol. The smallest absolute Gasteiger partial charge is 0.306 e. The van der Waals surface area contributed by atoms with Gasteiger partial charge < -0.3 is 14.2 Å². The van der Waals surface area contributed by atoms with Gasteiger partial charge in [-0.15, -0.1) is 0 Å². The highest BCUT2D eigenvalue weighted by Gasteiger charge is 2.19. The SMILES string of the molecule is CC/C=C\C/C=C\C/C=C\C/C=C\CCCCCC(=O)OCC(COC(=O)CCCCC/C=C\C=C/CCCC)OC(=O)CCCCCCC/C=C\C/C=C\CC. The van der Waals surface area contributed by atoms with E-state index < -0.39 is 6.10 Å². The number of carbonyl (C=O) groups excluding carboxylic acids is 3. The van der Waals surface area contributed by atoms with Crippen LogP contribution in [-0.2, 0) is 28.6 Å². The summed E-state index contributed by atoms with van der Waals surface area (Å²) in [4.78, 5) is 37.7. The normalized spacial score (nSPS) is 13.0. The van der Waals surface area contributed by atoms with E-state index in [1.807, 2.05) is 0 Å². The second kappa shape index (κ2) is 45.0. The van der Waals surface area contributed by atoms with Gasteiger partial charge >= 0.3 is 17.9 Å². The summed E-state index contributed by atoms with van der Waals surface area (Å²) in [5.41, 5.74) is 0. The van der Waals surface area contributed by atoms with E-state index in [0.717, 1.165) is 135 Å². The lowest BCUT2D eigenvalue weighted by Gasteiger charge is -2.18. The molecule has 0 aliphatic rings. The number of esters is 3. The molecule has 57 heavy (non-hydrogen) atoms. The van der Waals surface area contributed by atoms with Gasteiger partial charge in [-0.3, -0.25) is 14.4 Å². The average Bonchev–Trinajstić information content (AvgIpc) is 3.21. The van der Waals surface area contributed by atoms with E-state index in [2.05, 4.69) is 118 Å². The minimum atomic E-state index is -0.807. The Balaban J connectivity index is 4.50. The minimum Gasteiger partial charge on any atom is -0.462 e. The van der Waals surface area contributed by atoms with Crippen LogP contribution in [0.15, 0.2) is 97.2 Å². The maximum absolute atomic E-state index is 12.7. The highest BCUT2D eigenvalue weighted by molar-refractivity contribution is 5.71. The zero-order valence-electron chi connectivity index (χ0n) is 36.6. The molecule has 0 saturated heterocycles. The summed E-state index contributed by atoms with van der Waals surface area (Å²) in [7, 11) is 0. The molecule has 1 unspecified atom stereocenters. The number of carbonyl (C=O) groups is 3. The van der Waals surface area contributed by atoms with Crippen LogP contribution >= 0.6 is 0 Å². The topological polar surface area (TPSA) is 78.9 Å². The quantitative estimate of drug-likeness (QED) is 0.0203. The minimum absolute atomic E-state index is 0.110. The average molecular weight is 791 g/mol. The monoisotopic (exact) mass is 791 g/mol. The van der Waals surface area contributed by atoms with Crippen LogP contribution in [0.2, 0.25) is 0 Å². The first-order valence-corrected chi connectivity index (χ1v) is 22.8. The number of rotatable bonds is 39. The lowest BCUT2D eigenvalue weighted by atomic mass is 10.1. The lowest BCUT2D eigenvalue weighted by molar-refractivity contribution is -0.167. The summed E-state index contributed by atoms with van der Waals surface area (Å²) >= 11 is 0. The van der Waals surface area contributed by atoms with Crippen molar-refractivity contribution >= 4 is 17.9 Å². The standard InChI is InChI=1S/C51H82O6/c1-4-7-10-13-16-19-22-24-25-26-27-30-32-35-38-41-44-50(53)56-47-48(46-55-49(52)43-40-37-34-31-28-21-18-15-12-9-6-3)57-51(54)45-42-39-36-33-29-23-20-17-14-11-8-5-2/h7-8,10-11,15-21,24-25,27-28,30,48H,4-6,9,12-14,22-23,26,29,31-47H2,1-3H3/b10-7-,11-8-,18-15-,19-16-,20-17-,25-24-,28-21-,30-27-. The highest BCUT2D eigenvalue weighted by atomic mass is 16.6. The van der Waals surface area contributed by atoms with Crippen molar-refractivity contribution in [3.8, 4) is 0 Å². The van der Waals surface area contributed by atoms with Crippen LogP contribution in [-0.4, -0.2) is 37.2 Å². The van der Waals surface area contributed by atoms with E-state index >= 15 is 0 Å². The maximum atomic E-state index is 12.7. The molecular formula is C51H82O6. The third-order valence-corrected chi connectivity index (χ3v) is 9.08. The Kier molecular flexibility index (Phi) is 42.1. The number of unbranched alkanes of at least 4 members (excludes halogenated alkanes) is 13. The summed E-state index contributed by atoms with van der Waals surface area (Å²) in [5, 5.41) is 0. The lowest BCUT2D eigenvalue weighted by Crippen LogP contribution is -2.30. The van der Waals surface area contributed by atoms with E-state index in [4.69, 9.17) is 14.2 Å². The Morgan fingerprint density at radius 1 is 0.386 bits per heavy atom. The van der Waals surface area contributed by atoms with Crippen molar-refractivity contribution in [3.05, 3.63) is 97.2 Å². The zero-order valence-corrected chi connectivity index (χ0v) is 36.6. The van der Waals surface area contributed by atoms with Crippen LogP contribution in [0.1, 0.15) is 188 Å². The summed E-state index contributed by atoms with van der Waals surface area (Å²) in [6.45, 7) is 6.26.